The number of hydrogen-bond donors (Lipinski definition) is 1. The topological polar surface area (TPSA) is 47.6 Å². The van der Waals surface area contributed by atoms with Crippen molar-refractivity contribution in [1.29, 1.82) is 0 Å². The first kappa shape index (κ1) is 9.89. The van der Waals surface area contributed by atoms with E-state index >= 15 is 0 Å². The molecule has 0 fully saturated rings. The van der Waals surface area contributed by atoms with Crippen LogP contribution in [0, 0.1) is 11.6 Å². The Kier molecular flexibility index (Phi) is 2.53. The van der Waals surface area contributed by atoms with Crippen LogP contribution < -0.4 is 5.73 Å². The van der Waals surface area contributed by atoms with Crippen LogP contribution in [0.2, 0.25) is 0 Å². The molecule has 5 heteroatoms. The number of nitrogens with zero attached hydrogens (tertiary/aromatic N) is 1. The second-order valence-electron chi connectivity index (χ2n) is 3.34. The lowest BCUT2D eigenvalue weighted by Gasteiger charge is -2.07. The largest absolute Gasteiger partial charge is 0.463 e. The van der Waals surface area contributed by atoms with Crippen LogP contribution >= 0.6 is 0 Å². The maximum Gasteiger partial charge on any atom is 0.282 e. The van der Waals surface area contributed by atoms with E-state index in [4.69, 9.17) is 10.5 Å². The van der Waals surface area contributed by atoms with Crippen LogP contribution in [-0.2, 0) is 11.2 Å². The Morgan fingerprint density at radius 3 is 2.60 bits per heavy atom. The summed E-state index contributed by atoms with van der Waals surface area (Å²) in [6, 6.07) is 3.56. The lowest BCUT2D eigenvalue weighted by Crippen LogP contribution is -2.12. The van der Waals surface area contributed by atoms with Gasteiger partial charge in [-0.2, -0.15) is 0 Å². The van der Waals surface area contributed by atoms with Gasteiger partial charge in [0.2, 0.25) is 0 Å². The van der Waals surface area contributed by atoms with Gasteiger partial charge in [0.25, 0.3) is 6.02 Å². The predicted molar refractivity (Wildman–Crippen MR) is 51.4 cm³/mol. The third-order valence-electron chi connectivity index (χ3n) is 2.23. The van der Waals surface area contributed by atoms with Gasteiger partial charge in [-0.25, -0.2) is 13.8 Å². The van der Waals surface area contributed by atoms with Gasteiger partial charge in [0.1, 0.15) is 18.2 Å². The molecule has 0 radical (unpaired) electrons. The first-order valence-corrected chi connectivity index (χ1v) is 4.56. The summed E-state index contributed by atoms with van der Waals surface area (Å²) in [6.07, 6.45) is 0.166. The normalized spacial score (nSPS) is 19.9. The molecule has 2 rings (SSSR count). The molecule has 1 unspecified atom stereocenters. The highest BCUT2D eigenvalue weighted by Gasteiger charge is 2.20. The highest BCUT2D eigenvalue weighted by Crippen LogP contribution is 2.17. The molecule has 0 aliphatic carbocycles. The van der Waals surface area contributed by atoms with E-state index in [1.54, 1.807) is 0 Å². The minimum Gasteiger partial charge on any atom is -0.463 e. The van der Waals surface area contributed by atoms with Crippen molar-refractivity contribution in [3.8, 4) is 0 Å². The number of nitrogens with two attached hydrogens (primary N) is 1. The van der Waals surface area contributed by atoms with Crippen LogP contribution in [0.3, 0.4) is 0 Å². The van der Waals surface area contributed by atoms with Gasteiger partial charge in [-0.1, -0.05) is 6.07 Å². The van der Waals surface area contributed by atoms with E-state index in [-0.39, 0.29) is 30.7 Å². The lowest BCUT2D eigenvalue weighted by molar-refractivity contribution is 0.310. The molecule has 1 aromatic carbocycles. The highest BCUT2D eigenvalue weighted by atomic mass is 19.1. The van der Waals surface area contributed by atoms with E-state index in [1.807, 2.05) is 0 Å². The Balaban J connectivity index is 2.17. The van der Waals surface area contributed by atoms with Gasteiger partial charge in [-0.05, 0) is 12.1 Å². The quantitative estimate of drug-likeness (QED) is 0.801. The molecule has 1 aliphatic rings. The molecular formula is C10H10F2N2O. The predicted octanol–water partition coefficient (Wildman–Crippen LogP) is 1.22. The van der Waals surface area contributed by atoms with E-state index in [0.717, 1.165) is 0 Å². The zero-order chi connectivity index (χ0) is 10.8. The van der Waals surface area contributed by atoms with Gasteiger partial charge in [-0.15, -0.1) is 0 Å². The standard InChI is InChI=1S/C10H10F2N2O/c11-8-2-1-3-9(12)7(8)4-6-5-15-10(13)14-6/h1-3,6H,4-5H2,(H2,13,14). The SMILES string of the molecule is NC1=NC(Cc2c(F)cccc2F)CO1. The molecule has 1 aromatic rings. The van der Waals surface area contributed by atoms with E-state index in [9.17, 15) is 8.78 Å². The van der Waals surface area contributed by atoms with Gasteiger partial charge in [0, 0.05) is 12.0 Å². The molecule has 3 nitrogen and oxygen atoms in total. The molecule has 1 heterocycles. The van der Waals surface area contributed by atoms with Crippen LogP contribution in [-0.4, -0.2) is 18.7 Å². The maximum absolute atomic E-state index is 13.2. The van der Waals surface area contributed by atoms with E-state index in [2.05, 4.69) is 4.99 Å². The fraction of sp³-hybridized carbons (Fsp3) is 0.300. The zero-order valence-corrected chi connectivity index (χ0v) is 7.91. The Morgan fingerprint density at radius 1 is 1.40 bits per heavy atom. The number of benzene rings is 1. The molecular weight excluding hydrogens is 202 g/mol. The van der Waals surface area contributed by atoms with Crippen LogP contribution in [0.25, 0.3) is 0 Å². The second-order valence-corrected chi connectivity index (χ2v) is 3.34. The third kappa shape index (κ3) is 2.06. The van der Waals surface area contributed by atoms with Crippen LogP contribution in [0.1, 0.15) is 5.56 Å². The van der Waals surface area contributed by atoms with Crippen molar-refractivity contribution in [2.45, 2.75) is 12.5 Å². The van der Waals surface area contributed by atoms with E-state index < -0.39 is 11.6 Å². The van der Waals surface area contributed by atoms with E-state index in [1.165, 1.54) is 18.2 Å². The monoisotopic (exact) mass is 212 g/mol. The molecule has 2 N–H and O–H groups in total. The lowest BCUT2D eigenvalue weighted by atomic mass is 10.1. The smallest absolute Gasteiger partial charge is 0.282 e. The molecule has 1 atom stereocenters. The number of hydrogen-bond acceptors (Lipinski definition) is 3. The fourth-order valence-electron chi connectivity index (χ4n) is 1.50. The minimum atomic E-state index is -0.560. The Labute approximate surface area is 85.6 Å². The Morgan fingerprint density at radius 2 is 2.07 bits per heavy atom. The van der Waals surface area contributed by atoms with Crippen LogP contribution in [0.4, 0.5) is 8.78 Å². The molecule has 80 valence electrons. The summed E-state index contributed by atoms with van der Waals surface area (Å²) in [6.45, 7) is 0.277. The number of aliphatic imine (C=N–C) groups is 1. The molecule has 0 saturated carbocycles. The summed E-state index contributed by atoms with van der Waals surface area (Å²) in [5.41, 5.74) is 5.33. The number of halogens is 2. The number of ether oxygens (including phenoxy) is 1. The molecule has 0 aromatic heterocycles. The van der Waals surface area contributed by atoms with Crippen molar-refractivity contribution in [2.24, 2.45) is 10.7 Å². The molecule has 1 aliphatic heterocycles. The highest BCUT2D eigenvalue weighted by molar-refractivity contribution is 5.73. The van der Waals surface area contributed by atoms with Gasteiger partial charge in [0.05, 0.1) is 6.04 Å². The molecule has 0 spiro atoms. The van der Waals surface area contributed by atoms with Crippen molar-refractivity contribution >= 4 is 6.02 Å². The van der Waals surface area contributed by atoms with Crippen molar-refractivity contribution in [1.82, 2.24) is 0 Å². The molecule has 0 amide bonds. The average molecular weight is 212 g/mol. The molecule has 0 saturated heterocycles. The summed E-state index contributed by atoms with van der Waals surface area (Å²) in [5.74, 6) is -1.12. The Hall–Kier alpha value is -1.65. The fourth-order valence-corrected chi connectivity index (χ4v) is 1.50. The summed E-state index contributed by atoms with van der Waals surface area (Å²) in [7, 11) is 0. The first-order chi connectivity index (χ1) is 7.16. The summed E-state index contributed by atoms with van der Waals surface area (Å²) in [4.78, 5) is 3.90. The number of amidine groups is 1. The first-order valence-electron chi connectivity index (χ1n) is 4.56. The minimum absolute atomic E-state index is 0.0320. The summed E-state index contributed by atoms with van der Waals surface area (Å²) >= 11 is 0. The van der Waals surface area contributed by atoms with Crippen LogP contribution in [0.15, 0.2) is 23.2 Å². The van der Waals surface area contributed by atoms with Crippen molar-refractivity contribution < 1.29 is 13.5 Å². The van der Waals surface area contributed by atoms with Crippen molar-refractivity contribution in [3.05, 3.63) is 35.4 Å². The second kappa shape index (κ2) is 3.84. The molecule has 15 heavy (non-hydrogen) atoms. The third-order valence-corrected chi connectivity index (χ3v) is 2.23. The maximum atomic E-state index is 13.2. The van der Waals surface area contributed by atoms with Gasteiger partial charge < -0.3 is 10.5 Å². The summed E-state index contributed by atoms with van der Waals surface area (Å²) in [5, 5.41) is 0. The molecule has 0 bridgehead atoms. The zero-order valence-electron chi connectivity index (χ0n) is 7.91. The van der Waals surface area contributed by atoms with Crippen molar-refractivity contribution in [3.63, 3.8) is 0 Å². The van der Waals surface area contributed by atoms with Crippen molar-refractivity contribution in [2.75, 3.05) is 6.61 Å². The van der Waals surface area contributed by atoms with Gasteiger partial charge >= 0.3 is 0 Å². The van der Waals surface area contributed by atoms with Crippen LogP contribution in [0.5, 0.6) is 0 Å². The number of rotatable bonds is 2. The average Bonchev–Trinajstić information content (AvgIpc) is 2.58. The summed E-state index contributed by atoms with van der Waals surface area (Å²) < 4.78 is 31.4. The van der Waals surface area contributed by atoms with E-state index in [0.29, 0.717) is 0 Å². The Bertz CT molecular complexity index is 386. The van der Waals surface area contributed by atoms with Gasteiger partial charge in [0.15, 0.2) is 0 Å². The van der Waals surface area contributed by atoms with Gasteiger partial charge in [-0.3, -0.25) is 0 Å².